The summed E-state index contributed by atoms with van der Waals surface area (Å²) in [6, 6.07) is -0.942. The smallest absolute Gasteiger partial charge is 0.268 e. The minimum Gasteiger partial charge on any atom is -0.756 e. The van der Waals surface area contributed by atoms with Crippen molar-refractivity contribution in [3.63, 3.8) is 0 Å². The van der Waals surface area contributed by atoms with Crippen molar-refractivity contribution in [2.45, 2.75) is 238 Å². The number of carbonyl (C=O) groups excluding carboxylic acids is 1. The number of nitrogens with one attached hydrogen (secondary N) is 1. The highest BCUT2D eigenvalue weighted by molar-refractivity contribution is 7.45. The fourth-order valence-electron chi connectivity index (χ4n) is 7.72. The van der Waals surface area contributed by atoms with Gasteiger partial charge in [0.05, 0.1) is 39.9 Å². The molecule has 0 radical (unpaired) electrons. The Kier molecular flexibility index (Phi) is 50.0. The standard InChI is InChI=1S/C62H109N2O6P/c1-6-8-10-12-14-16-18-20-22-24-26-28-29-30-31-32-33-34-36-37-39-41-43-45-47-49-51-53-55-61(65)60(59-70-71(67,68)69-58-57-64(3,4)5)63-62(66)56-54-52-50-48-46-44-42-40-38-35-27-25-23-21-19-17-15-13-11-9-7-2/h9,11,15,17,21,23,27,35,37,39-40,42,45-48,53,55,60-61,65H,6-8,10,12-14,16,18-20,22,24-26,28-34,36,38,41,43-44,49-52,54,56-59H2,1-5H3,(H-,63,66,67,68)/b11-9-,17-15-,23-21-,35-27-,39-37+,42-40-,47-45+,48-46-,55-53+. The number of nitrogens with zero attached hydrogens (tertiary/aromatic N) is 1. The second-order valence-corrected chi connectivity index (χ2v) is 21.7. The van der Waals surface area contributed by atoms with Crippen LogP contribution in [0.4, 0.5) is 0 Å². The monoisotopic (exact) mass is 1010 g/mol. The lowest BCUT2D eigenvalue weighted by atomic mass is 10.0. The van der Waals surface area contributed by atoms with E-state index < -0.39 is 26.6 Å². The summed E-state index contributed by atoms with van der Waals surface area (Å²) < 4.78 is 23.3. The van der Waals surface area contributed by atoms with E-state index in [1.807, 2.05) is 27.2 Å². The second-order valence-electron chi connectivity index (χ2n) is 20.2. The van der Waals surface area contributed by atoms with Crippen molar-refractivity contribution in [3.8, 4) is 0 Å². The molecule has 0 aliphatic rings. The van der Waals surface area contributed by atoms with Gasteiger partial charge < -0.3 is 28.8 Å². The van der Waals surface area contributed by atoms with Gasteiger partial charge in [-0.05, 0) is 96.3 Å². The van der Waals surface area contributed by atoms with Crippen molar-refractivity contribution in [1.82, 2.24) is 5.32 Å². The van der Waals surface area contributed by atoms with E-state index >= 15 is 0 Å². The maximum absolute atomic E-state index is 12.9. The normalized spacial score (nSPS) is 14.7. The molecule has 0 aromatic heterocycles. The van der Waals surface area contributed by atoms with Crippen molar-refractivity contribution < 1.29 is 32.9 Å². The van der Waals surface area contributed by atoms with Crippen LogP contribution in [0.5, 0.6) is 0 Å². The second kappa shape index (κ2) is 52.0. The van der Waals surface area contributed by atoms with E-state index in [0.29, 0.717) is 23.9 Å². The highest BCUT2D eigenvalue weighted by Crippen LogP contribution is 2.38. The molecule has 0 fully saturated rings. The lowest BCUT2D eigenvalue weighted by Gasteiger charge is -2.29. The van der Waals surface area contributed by atoms with E-state index in [-0.39, 0.29) is 18.9 Å². The van der Waals surface area contributed by atoms with Crippen LogP contribution < -0.4 is 10.2 Å². The van der Waals surface area contributed by atoms with Crippen LogP contribution in [0.3, 0.4) is 0 Å². The van der Waals surface area contributed by atoms with Crippen LogP contribution in [0.15, 0.2) is 109 Å². The quantitative estimate of drug-likeness (QED) is 0.0272. The Morgan fingerprint density at radius 2 is 0.873 bits per heavy atom. The van der Waals surface area contributed by atoms with E-state index in [1.165, 1.54) is 122 Å². The molecule has 8 nitrogen and oxygen atoms in total. The summed E-state index contributed by atoms with van der Waals surface area (Å²) in [7, 11) is 1.19. The first kappa shape index (κ1) is 68.2. The van der Waals surface area contributed by atoms with Crippen molar-refractivity contribution in [2.24, 2.45) is 0 Å². The number of phosphoric ester groups is 1. The number of aliphatic hydroxyl groups excluding tert-OH is 1. The Morgan fingerprint density at radius 1 is 0.507 bits per heavy atom. The summed E-state index contributed by atoms with van der Waals surface area (Å²) in [6.07, 6.45) is 76.1. The number of allylic oxidation sites excluding steroid dienone is 17. The van der Waals surface area contributed by atoms with E-state index in [2.05, 4.69) is 116 Å². The molecule has 1 amide bonds. The molecule has 0 aliphatic heterocycles. The largest absolute Gasteiger partial charge is 0.756 e. The minimum absolute atomic E-state index is 0.0238. The lowest BCUT2D eigenvalue weighted by molar-refractivity contribution is -0.870. The molecule has 0 heterocycles. The molecule has 0 spiro atoms. The fraction of sp³-hybridized carbons (Fsp3) is 0.694. The van der Waals surface area contributed by atoms with Gasteiger partial charge in [0.1, 0.15) is 13.2 Å². The number of hydrogen-bond acceptors (Lipinski definition) is 6. The van der Waals surface area contributed by atoms with Crippen LogP contribution >= 0.6 is 7.82 Å². The first-order chi connectivity index (χ1) is 34.5. The van der Waals surface area contributed by atoms with Gasteiger partial charge in [-0.2, -0.15) is 0 Å². The summed E-state index contributed by atoms with van der Waals surface area (Å²) in [5, 5.41) is 13.8. The van der Waals surface area contributed by atoms with Gasteiger partial charge in [-0.15, -0.1) is 0 Å². The maximum atomic E-state index is 12.9. The zero-order chi connectivity index (χ0) is 52.0. The molecule has 0 rings (SSSR count). The number of hydrogen-bond donors (Lipinski definition) is 2. The Bertz CT molecular complexity index is 1520. The molecule has 2 N–H and O–H groups in total. The fourth-order valence-corrected chi connectivity index (χ4v) is 8.44. The molecule has 0 bridgehead atoms. The third-order valence-electron chi connectivity index (χ3n) is 12.2. The number of phosphoric acid groups is 1. The van der Waals surface area contributed by atoms with Crippen molar-refractivity contribution in [2.75, 3.05) is 40.9 Å². The SMILES string of the molecule is CC/C=C\C/C=C\C/C=C\C/C=C\C/C=C\C/C=C\CCCCC(=O)NC(COP(=O)([O-])OCC[N+](C)(C)C)C(O)/C=C/CC/C=C/CC/C=C/CCCCCCCCCCCCCCCCCCCC. The predicted molar refractivity (Wildman–Crippen MR) is 306 cm³/mol. The molecule has 0 saturated heterocycles. The molecule has 0 aliphatic carbocycles. The van der Waals surface area contributed by atoms with E-state index in [4.69, 9.17) is 9.05 Å². The molecule has 9 heteroatoms. The molecule has 0 saturated carbocycles. The molecule has 3 atom stereocenters. The summed E-state index contributed by atoms with van der Waals surface area (Å²) in [6.45, 7) is 4.47. The highest BCUT2D eigenvalue weighted by Gasteiger charge is 2.23. The first-order valence-electron chi connectivity index (χ1n) is 28.7. The van der Waals surface area contributed by atoms with Crippen LogP contribution in [0.1, 0.15) is 226 Å². The summed E-state index contributed by atoms with van der Waals surface area (Å²) >= 11 is 0. The third kappa shape index (κ3) is 54.8. The van der Waals surface area contributed by atoms with Crippen molar-refractivity contribution in [3.05, 3.63) is 109 Å². The van der Waals surface area contributed by atoms with Crippen LogP contribution in [0, 0.1) is 0 Å². The summed E-state index contributed by atoms with van der Waals surface area (Å²) in [4.78, 5) is 25.5. The van der Waals surface area contributed by atoms with Gasteiger partial charge in [0.15, 0.2) is 0 Å². The van der Waals surface area contributed by atoms with Crippen molar-refractivity contribution in [1.29, 1.82) is 0 Å². The number of unbranched alkanes of at least 4 members (excludes halogenated alkanes) is 22. The molecule has 408 valence electrons. The third-order valence-corrected chi connectivity index (χ3v) is 13.2. The summed E-state index contributed by atoms with van der Waals surface area (Å²) in [5.41, 5.74) is 0. The van der Waals surface area contributed by atoms with Crippen LogP contribution in [-0.2, 0) is 18.4 Å². The average Bonchev–Trinajstić information content (AvgIpc) is 3.33. The number of aliphatic hydroxyl groups is 1. The number of likely N-dealkylation sites (N-methyl/N-ethyl adjacent to an activating group) is 1. The molecule has 71 heavy (non-hydrogen) atoms. The van der Waals surface area contributed by atoms with E-state index in [9.17, 15) is 19.4 Å². The van der Waals surface area contributed by atoms with Gasteiger partial charge in [-0.3, -0.25) is 9.36 Å². The Morgan fingerprint density at radius 3 is 1.31 bits per heavy atom. The topological polar surface area (TPSA) is 108 Å². The van der Waals surface area contributed by atoms with E-state index in [1.54, 1.807) is 6.08 Å². The zero-order valence-corrected chi connectivity index (χ0v) is 47.3. The van der Waals surface area contributed by atoms with Gasteiger partial charge in [-0.1, -0.05) is 232 Å². The molecular weight excluding hydrogens is 900 g/mol. The number of rotatable bonds is 51. The lowest BCUT2D eigenvalue weighted by Crippen LogP contribution is -2.45. The minimum atomic E-state index is -4.63. The molecule has 0 aromatic rings. The van der Waals surface area contributed by atoms with Gasteiger partial charge >= 0.3 is 0 Å². The van der Waals surface area contributed by atoms with Crippen LogP contribution in [0.2, 0.25) is 0 Å². The number of amides is 1. The highest BCUT2D eigenvalue weighted by atomic mass is 31.2. The average molecular weight is 1010 g/mol. The van der Waals surface area contributed by atoms with E-state index in [0.717, 1.165) is 70.6 Å². The molecule has 0 aromatic carbocycles. The van der Waals surface area contributed by atoms with Gasteiger partial charge in [-0.25, -0.2) is 0 Å². The van der Waals surface area contributed by atoms with Gasteiger partial charge in [0.2, 0.25) is 5.91 Å². The summed E-state index contributed by atoms with van der Waals surface area (Å²) in [5.74, 6) is -0.257. The van der Waals surface area contributed by atoms with Crippen molar-refractivity contribution >= 4 is 13.7 Å². The molecular formula is C62H109N2O6P. The maximum Gasteiger partial charge on any atom is 0.268 e. The van der Waals surface area contributed by atoms with Gasteiger partial charge in [0, 0.05) is 6.42 Å². The Hall–Kier alpha value is -2.84. The molecule has 3 unspecified atom stereocenters. The van der Waals surface area contributed by atoms with Crippen LogP contribution in [0.25, 0.3) is 0 Å². The zero-order valence-electron chi connectivity index (χ0n) is 46.4. The first-order valence-corrected chi connectivity index (χ1v) is 30.2. The van der Waals surface area contributed by atoms with Crippen LogP contribution in [-0.4, -0.2) is 68.5 Å². The predicted octanol–water partition coefficient (Wildman–Crippen LogP) is 17.0. The Balaban J connectivity index is 4.38. The van der Waals surface area contributed by atoms with Gasteiger partial charge in [0.25, 0.3) is 7.82 Å². The number of quaternary nitrogens is 1. The Labute approximate surface area is 438 Å². The number of carbonyl (C=O) groups is 1.